The number of carboxylic acids is 1. The number of sulfonamides is 1. The summed E-state index contributed by atoms with van der Waals surface area (Å²) in [5.41, 5.74) is 0.576. The van der Waals surface area contributed by atoms with E-state index in [9.17, 15) is 17.6 Å². The Hall–Kier alpha value is -1.77. The number of carboxylic acid groups (broad SMARTS) is 1. The van der Waals surface area contributed by atoms with Crippen molar-refractivity contribution in [2.24, 2.45) is 0 Å². The lowest BCUT2D eigenvalue weighted by molar-refractivity contribution is 0.0698. The van der Waals surface area contributed by atoms with Crippen molar-refractivity contribution in [3.05, 3.63) is 52.0 Å². The van der Waals surface area contributed by atoms with Gasteiger partial charge in [-0.25, -0.2) is 22.3 Å². The summed E-state index contributed by atoms with van der Waals surface area (Å²) in [6, 6.07) is 6.02. The van der Waals surface area contributed by atoms with Gasteiger partial charge in [0.1, 0.15) is 15.6 Å². The smallest absolute Gasteiger partial charge is 0.347 e. The highest BCUT2D eigenvalue weighted by molar-refractivity contribution is 7.89. The fraction of sp³-hybridized carbons (Fsp3) is 0.154. The number of thiophene rings is 1. The van der Waals surface area contributed by atoms with E-state index in [0.717, 1.165) is 11.3 Å². The second-order valence-corrected chi connectivity index (χ2v) is 6.91. The molecule has 0 aliphatic rings. The van der Waals surface area contributed by atoms with E-state index in [1.54, 1.807) is 6.92 Å². The molecular weight excluding hydrogens is 317 g/mol. The maximum atomic E-state index is 12.9. The van der Waals surface area contributed by atoms with Gasteiger partial charge in [0.05, 0.1) is 0 Å². The van der Waals surface area contributed by atoms with Gasteiger partial charge in [-0.15, -0.1) is 11.3 Å². The fourth-order valence-electron chi connectivity index (χ4n) is 1.78. The molecule has 21 heavy (non-hydrogen) atoms. The molecule has 8 heteroatoms. The zero-order valence-corrected chi connectivity index (χ0v) is 12.5. The van der Waals surface area contributed by atoms with E-state index < -0.39 is 27.9 Å². The van der Waals surface area contributed by atoms with Crippen LogP contribution in [0.1, 0.15) is 28.2 Å². The minimum atomic E-state index is -3.96. The van der Waals surface area contributed by atoms with Crippen molar-refractivity contribution in [3.8, 4) is 0 Å². The summed E-state index contributed by atoms with van der Waals surface area (Å²) >= 11 is 0.841. The van der Waals surface area contributed by atoms with Crippen LogP contribution in [0.2, 0.25) is 0 Å². The highest BCUT2D eigenvalue weighted by Crippen LogP contribution is 2.24. The highest BCUT2D eigenvalue weighted by atomic mass is 32.2. The Morgan fingerprint density at radius 1 is 1.29 bits per heavy atom. The Bertz CT molecular complexity index is 753. The highest BCUT2D eigenvalue weighted by Gasteiger charge is 2.25. The molecule has 0 aliphatic heterocycles. The maximum absolute atomic E-state index is 12.9. The first kappa shape index (κ1) is 15.6. The quantitative estimate of drug-likeness (QED) is 0.883. The van der Waals surface area contributed by atoms with Crippen LogP contribution in [0.5, 0.6) is 0 Å². The van der Waals surface area contributed by atoms with Gasteiger partial charge in [-0.2, -0.15) is 0 Å². The molecule has 112 valence electrons. The van der Waals surface area contributed by atoms with Gasteiger partial charge in [-0.1, -0.05) is 12.1 Å². The molecule has 2 N–H and O–H groups in total. The van der Waals surface area contributed by atoms with Crippen LogP contribution in [0, 0.1) is 5.82 Å². The molecule has 2 aromatic rings. The van der Waals surface area contributed by atoms with Crippen LogP contribution in [0.4, 0.5) is 4.39 Å². The van der Waals surface area contributed by atoms with Gasteiger partial charge < -0.3 is 5.11 Å². The van der Waals surface area contributed by atoms with E-state index in [-0.39, 0.29) is 9.77 Å². The summed E-state index contributed by atoms with van der Waals surface area (Å²) < 4.78 is 39.7. The topological polar surface area (TPSA) is 83.5 Å². The average Bonchev–Trinajstić information content (AvgIpc) is 2.89. The summed E-state index contributed by atoms with van der Waals surface area (Å²) in [6.07, 6.45) is 0. The van der Waals surface area contributed by atoms with E-state index in [0.29, 0.717) is 5.56 Å². The van der Waals surface area contributed by atoms with Crippen molar-refractivity contribution < 1.29 is 22.7 Å². The number of hydrogen-bond donors (Lipinski definition) is 2. The molecule has 1 heterocycles. The fourth-order valence-corrected chi connectivity index (χ4v) is 4.27. The van der Waals surface area contributed by atoms with Gasteiger partial charge in [0.2, 0.25) is 10.0 Å². The molecule has 0 aliphatic carbocycles. The van der Waals surface area contributed by atoms with Crippen LogP contribution < -0.4 is 4.72 Å². The van der Waals surface area contributed by atoms with Crippen molar-refractivity contribution in [2.75, 3.05) is 0 Å². The molecule has 1 unspecified atom stereocenters. The first-order valence-corrected chi connectivity index (χ1v) is 8.26. The minimum Gasteiger partial charge on any atom is -0.477 e. The van der Waals surface area contributed by atoms with Gasteiger partial charge in [0, 0.05) is 6.04 Å². The first-order valence-electron chi connectivity index (χ1n) is 5.90. The Balaban J connectivity index is 2.27. The van der Waals surface area contributed by atoms with Gasteiger partial charge >= 0.3 is 5.97 Å². The molecule has 1 aromatic carbocycles. The Kier molecular flexibility index (Phi) is 4.40. The Morgan fingerprint density at radius 2 is 1.90 bits per heavy atom. The van der Waals surface area contributed by atoms with Crippen molar-refractivity contribution in [1.82, 2.24) is 4.72 Å². The minimum absolute atomic E-state index is 0.242. The number of aromatic carboxylic acids is 1. The lowest BCUT2D eigenvalue weighted by atomic mass is 10.1. The lowest BCUT2D eigenvalue weighted by Gasteiger charge is -2.14. The third kappa shape index (κ3) is 3.46. The first-order chi connectivity index (χ1) is 9.81. The van der Waals surface area contributed by atoms with Crippen molar-refractivity contribution in [1.29, 1.82) is 0 Å². The number of hydrogen-bond acceptors (Lipinski definition) is 4. The molecule has 0 radical (unpaired) electrons. The second-order valence-electron chi connectivity index (χ2n) is 4.31. The predicted molar refractivity (Wildman–Crippen MR) is 76.4 cm³/mol. The summed E-state index contributed by atoms with van der Waals surface area (Å²) in [7, 11) is -3.96. The maximum Gasteiger partial charge on any atom is 0.347 e. The van der Waals surface area contributed by atoms with Gasteiger partial charge in [0.25, 0.3) is 0 Å². The Morgan fingerprint density at radius 3 is 2.48 bits per heavy atom. The molecule has 5 nitrogen and oxygen atoms in total. The number of nitrogens with one attached hydrogen (secondary N) is 1. The van der Waals surface area contributed by atoms with Crippen LogP contribution >= 0.6 is 11.3 Å². The Labute approximate surface area is 125 Å². The van der Waals surface area contributed by atoms with E-state index >= 15 is 0 Å². The van der Waals surface area contributed by atoms with Crippen LogP contribution in [0.3, 0.4) is 0 Å². The van der Waals surface area contributed by atoms with Crippen LogP contribution in [-0.4, -0.2) is 19.5 Å². The van der Waals surface area contributed by atoms with Crippen LogP contribution in [0.15, 0.2) is 40.6 Å². The van der Waals surface area contributed by atoms with Gasteiger partial charge in [-0.05, 0) is 36.1 Å². The lowest BCUT2D eigenvalue weighted by Crippen LogP contribution is -2.27. The SMILES string of the molecule is CC(NS(=O)(=O)c1ccsc1C(=O)O)c1ccc(F)cc1. The summed E-state index contributed by atoms with van der Waals surface area (Å²) in [5.74, 6) is -1.71. The van der Waals surface area contributed by atoms with E-state index in [1.165, 1.54) is 35.7 Å². The van der Waals surface area contributed by atoms with Crippen LogP contribution in [0.25, 0.3) is 0 Å². The molecule has 1 aromatic heterocycles. The normalized spacial score (nSPS) is 13.0. The van der Waals surface area contributed by atoms with E-state index in [2.05, 4.69) is 4.72 Å². The third-order valence-corrected chi connectivity index (χ3v) is 5.43. The molecule has 2 rings (SSSR count). The van der Waals surface area contributed by atoms with Crippen LogP contribution in [-0.2, 0) is 10.0 Å². The molecule has 1 atom stereocenters. The molecule has 0 spiro atoms. The van der Waals surface area contributed by atoms with Crippen molar-refractivity contribution in [2.45, 2.75) is 17.9 Å². The third-order valence-electron chi connectivity index (χ3n) is 2.81. The van der Waals surface area contributed by atoms with E-state index in [1.807, 2.05) is 0 Å². The predicted octanol–water partition coefficient (Wildman–Crippen LogP) is 2.62. The largest absolute Gasteiger partial charge is 0.477 e. The van der Waals surface area contributed by atoms with Crippen molar-refractivity contribution in [3.63, 3.8) is 0 Å². The summed E-state index contributed by atoms with van der Waals surface area (Å²) in [4.78, 5) is 10.5. The molecular formula is C13H12FNO4S2. The number of rotatable bonds is 5. The number of halogens is 1. The standard InChI is InChI=1S/C13H12FNO4S2/c1-8(9-2-4-10(14)5-3-9)15-21(18,19)11-6-7-20-12(11)13(16)17/h2-8,15H,1H3,(H,16,17). The monoisotopic (exact) mass is 329 g/mol. The molecule has 0 saturated carbocycles. The van der Waals surface area contributed by atoms with E-state index in [4.69, 9.17) is 5.11 Å². The second kappa shape index (κ2) is 5.92. The molecule has 0 saturated heterocycles. The number of benzene rings is 1. The molecule has 0 fully saturated rings. The zero-order valence-electron chi connectivity index (χ0n) is 10.9. The van der Waals surface area contributed by atoms with Crippen molar-refractivity contribution >= 4 is 27.3 Å². The van der Waals surface area contributed by atoms with Gasteiger partial charge in [0.15, 0.2) is 0 Å². The summed E-state index contributed by atoms with van der Waals surface area (Å²) in [5, 5.41) is 10.4. The summed E-state index contributed by atoms with van der Waals surface area (Å²) in [6.45, 7) is 1.59. The zero-order chi connectivity index (χ0) is 15.6. The molecule has 0 amide bonds. The number of carbonyl (C=O) groups is 1. The molecule has 0 bridgehead atoms. The average molecular weight is 329 g/mol. The van der Waals surface area contributed by atoms with Gasteiger partial charge in [-0.3, -0.25) is 0 Å².